The van der Waals surface area contributed by atoms with E-state index >= 15 is 0 Å². The van der Waals surface area contributed by atoms with E-state index in [1.54, 1.807) is 0 Å². The lowest BCUT2D eigenvalue weighted by atomic mass is 10.0. The van der Waals surface area contributed by atoms with Gasteiger partial charge in [-0.25, -0.2) is 0 Å². The molecule has 0 fully saturated rings. The van der Waals surface area contributed by atoms with Crippen molar-refractivity contribution in [3.8, 4) is 16.9 Å². The fourth-order valence-electron chi connectivity index (χ4n) is 4.35. The first-order valence-electron chi connectivity index (χ1n) is 14.2. The van der Waals surface area contributed by atoms with Crippen molar-refractivity contribution in [2.75, 3.05) is 13.2 Å². The Morgan fingerprint density at radius 2 is 0.971 bits per heavy atom. The summed E-state index contributed by atoms with van der Waals surface area (Å²) in [7, 11) is 0. The zero-order valence-corrected chi connectivity index (χ0v) is 22.3. The van der Waals surface area contributed by atoms with Gasteiger partial charge in [0.25, 0.3) is 0 Å². The summed E-state index contributed by atoms with van der Waals surface area (Å²) in [4.78, 5) is 0. The summed E-state index contributed by atoms with van der Waals surface area (Å²) in [5, 5.41) is 0. The number of benzene rings is 2. The van der Waals surface area contributed by atoms with Crippen molar-refractivity contribution in [1.82, 2.24) is 0 Å². The first kappa shape index (κ1) is 28.4. The van der Waals surface area contributed by atoms with Gasteiger partial charge in [-0.05, 0) is 48.6 Å². The Morgan fingerprint density at radius 1 is 0.529 bits per heavy atom. The van der Waals surface area contributed by atoms with Crippen LogP contribution in [0.3, 0.4) is 0 Å². The molecular weight excluding hydrogens is 416 g/mol. The Balaban J connectivity index is 1.61. The van der Waals surface area contributed by atoms with E-state index in [0.717, 1.165) is 31.8 Å². The van der Waals surface area contributed by atoms with E-state index in [1.165, 1.54) is 93.7 Å². The molecule has 0 saturated heterocycles. The van der Waals surface area contributed by atoms with Gasteiger partial charge in [-0.2, -0.15) is 0 Å². The maximum atomic E-state index is 6.01. The van der Waals surface area contributed by atoms with Crippen molar-refractivity contribution in [3.63, 3.8) is 0 Å². The van der Waals surface area contributed by atoms with Crippen molar-refractivity contribution in [3.05, 3.63) is 54.1 Å². The normalized spacial score (nSPS) is 12.1. The molecule has 2 heteroatoms. The molecule has 0 bridgehead atoms. The topological polar surface area (TPSA) is 18.5 Å². The predicted molar refractivity (Wildman–Crippen MR) is 148 cm³/mol. The molecule has 0 N–H and O–H groups in total. The molecule has 0 aliphatic carbocycles. The van der Waals surface area contributed by atoms with Gasteiger partial charge in [0.15, 0.2) is 0 Å². The predicted octanol–water partition coefficient (Wildman–Crippen LogP) is 10.3. The lowest BCUT2D eigenvalue weighted by Gasteiger charge is -2.14. The molecule has 0 spiro atoms. The van der Waals surface area contributed by atoms with Crippen LogP contribution < -0.4 is 4.74 Å². The summed E-state index contributed by atoms with van der Waals surface area (Å²) in [6, 6.07) is 17.3. The molecule has 0 saturated carbocycles. The molecular formula is C32H50O2. The van der Waals surface area contributed by atoms with E-state index in [0.29, 0.717) is 0 Å². The molecule has 1 atom stereocenters. The summed E-state index contributed by atoms with van der Waals surface area (Å²) in [6.07, 6.45) is 18.7. The lowest BCUT2D eigenvalue weighted by molar-refractivity contribution is 0.0628. The van der Waals surface area contributed by atoms with Crippen LogP contribution in [0.1, 0.15) is 122 Å². The molecule has 1 unspecified atom stereocenters. The number of unbranched alkanes of at least 4 members (excludes halogenated alkanes) is 12. The number of hydrogen-bond acceptors (Lipinski definition) is 2. The van der Waals surface area contributed by atoms with Gasteiger partial charge in [0.1, 0.15) is 5.75 Å². The summed E-state index contributed by atoms with van der Waals surface area (Å²) in [5.74, 6) is 0.974. The maximum absolute atomic E-state index is 6.01. The first-order chi connectivity index (χ1) is 16.7. The second-order valence-corrected chi connectivity index (χ2v) is 9.75. The molecule has 2 aromatic carbocycles. The highest BCUT2D eigenvalue weighted by atomic mass is 16.5. The Hall–Kier alpha value is -1.80. The zero-order chi connectivity index (χ0) is 24.3. The monoisotopic (exact) mass is 466 g/mol. The summed E-state index contributed by atoms with van der Waals surface area (Å²) in [6.45, 7) is 8.34. The van der Waals surface area contributed by atoms with Gasteiger partial charge in [0.2, 0.25) is 0 Å². The standard InChI is InChI=1S/C32H50O2/c1-4-6-8-10-11-12-13-14-15-17-27-34-32-24-22-31(23-25-32)30-20-18-29(19-21-30)28(3)33-26-16-9-7-5-2/h18-25,28H,4-17,26-27H2,1-3H3. The Labute approximate surface area is 210 Å². The van der Waals surface area contributed by atoms with E-state index < -0.39 is 0 Å². The van der Waals surface area contributed by atoms with Crippen LogP contribution in [0.15, 0.2) is 48.5 Å². The van der Waals surface area contributed by atoms with Gasteiger partial charge in [-0.3, -0.25) is 0 Å². The molecule has 2 aromatic rings. The second-order valence-electron chi connectivity index (χ2n) is 9.75. The van der Waals surface area contributed by atoms with E-state index in [-0.39, 0.29) is 6.10 Å². The van der Waals surface area contributed by atoms with Crippen LogP contribution in [0.5, 0.6) is 5.75 Å². The third kappa shape index (κ3) is 12.1. The Bertz CT molecular complexity index is 720. The van der Waals surface area contributed by atoms with Crippen LogP contribution >= 0.6 is 0 Å². The van der Waals surface area contributed by atoms with E-state index in [1.807, 2.05) is 0 Å². The smallest absolute Gasteiger partial charge is 0.119 e. The molecule has 34 heavy (non-hydrogen) atoms. The van der Waals surface area contributed by atoms with Crippen molar-refractivity contribution >= 4 is 0 Å². The van der Waals surface area contributed by atoms with E-state index in [4.69, 9.17) is 9.47 Å². The van der Waals surface area contributed by atoms with E-state index in [2.05, 4.69) is 69.3 Å². The molecule has 0 aliphatic heterocycles. The largest absolute Gasteiger partial charge is 0.494 e. The van der Waals surface area contributed by atoms with Crippen LogP contribution in [-0.4, -0.2) is 13.2 Å². The van der Waals surface area contributed by atoms with Crippen molar-refractivity contribution < 1.29 is 9.47 Å². The fraction of sp³-hybridized carbons (Fsp3) is 0.625. The average molecular weight is 467 g/mol. The minimum absolute atomic E-state index is 0.150. The Morgan fingerprint density at radius 3 is 1.53 bits per heavy atom. The Kier molecular flexibility index (Phi) is 15.5. The van der Waals surface area contributed by atoms with Crippen molar-refractivity contribution in [1.29, 1.82) is 0 Å². The van der Waals surface area contributed by atoms with Crippen LogP contribution in [0, 0.1) is 0 Å². The third-order valence-corrected chi connectivity index (χ3v) is 6.70. The summed E-state index contributed by atoms with van der Waals surface area (Å²) >= 11 is 0. The maximum Gasteiger partial charge on any atom is 0.119 e. The highest BCUT2D eigenvalue weighted by molar-refractivity contribution is 5.64. The summed E-state index contributed by atoms with van der Waals surface area (Å²) < 4.78 is 12.0. The van der Waals surface area contributed by atoms with Crippen LogP contribution in [0.4, 0.5) is 0 Å². The van der Waals surface area contributed by atoms with Gasteiger partial charge in [0.05, 0.1) is 12.7 Å². The highest BCUT2D eigenvalue weighted by Gasteiger charge is 2.06. The lowest BCUT2D eigenvalue weighted by Crippen LogP contribution is -2.01. The zero-order valence-electron chi connectivity index (χ0n) is 22.3. The van der Waals surface area contributed by atoms with Crippen LogP contribution in [0.2, 0.25) is 0 Å². The molecule has 2 rings (SSSR count). The van der Waals surface area contributed by atoms with Crippen LogP contribution in [-0.2, 0) is 4.74 Å². The van der Waals surface area contributed by atoms with E-state index in [9.17, 15) is 0 Å². The molecule has 0 amide bonds. The molecule has 0 aromatic heterocycles. The number of rotatable bonds is 20. The molecule has 2 nitrogen and oxygen atoms in total. The second kappa shape index (κ2) is 18.5. The minimum atomic E-state index is 0.150. The quantitative estimate of drug-likeness (QED) is 0.181. The first-order valence-corrected chi connectivity index (χ1v) is 14.2. The number of ether oxygens (including phenoxy) is 2. The van der Waals surface area contributed by atoms with Crippen LogP contribution in [0.25, 0.3) is 11.1 Å². The summed E-state index contributed by atoms with van der Waals surface area (Å²) in [5.41, 5.74) is 3.71. The molecule has 0 aliphatic rings. The highest BCUT2D eigenvalue weighted by Crippen LogP contribution is 2.25. The molecule has 190 valence electrons. The van der Waals surface area contributed by atoms with Gasteiger partial charge in [-0.1, -0.05) is 127 Å². The van der Waals surface area contributed by atoms with Gasteiger partial charge >= 0.3 is 0 Å². The average Bonchev–Trinajstić information content (AvgIpc) is 2.87. The van der Waals surface area contributed by atoms with Crippen molar-refractivity contribution in [2.45, 2.75) is 117 Å². The fourth-order valence-corrected chi connectivity index (χ4v) is 4.35. The van der Waals surface area contributed by atoms with Gasteiger partial charge < -0.3 is 9.47 Å². The minimum Gasteiger partial charge on any atom is -0.494 e. The SMILES string of the molecule is CCCCCCCCCCCCOc1ccc(-c2ccc(C(C)OCCCCCC)cc2)cc1. The number of hydrogen-bond donors (Lipinski definition) is 0. The molecule has 0 heterocycles. The third-order valence-electron chi connectivity index (χ3n) is 6.70. The van der Waals surface area contributed by atoms with Crippen molar-refractivity contribution in [2.24, 2.45) is 0 Å². The molecule has 0 radical (unpaired) electrons. The van der Waals surface area contributed by atoms with Gasteiger partial charge in [0, 0.05) is 6.61 Å². The van der Waals surface area contributed by atoms with Gasteiger partial charge in [-0.15, -0.1) is 0 Å².